The predicted octanol–water partition coefficient (Wildman–Crippen LogP) is 3.36. The largest absolute Gasteiger partial charge is 0.386 e. The van der Waals surface area contributed by atoms with Crippen molar-refractivity contribution in [2.24, 2.45) is 0 Å². The fraction of sp³-hybridized carbons (Fsp3) is 0.357. The Kier molecular flexibility index (Phi) is 4.56. The zero-order valence-corrected chi connectivity index (χ0v) is 11.4. The van der Waals surface area contributed by atoms with Crippen LogP contribution in [0.25, 0.3) is 0 Å². The molecule has 3 nitrogen and oxygen atoms in total. The maximum atomic E-state index is 13.0. The molecule has 0 aliphatic carbocycles. The van der Waals surface area contributed by atoms with Crippen molar-refractivity contribution in [1.82, 2.24) is 9.55 Å². The lowest BCUT2D eigenvalue weighted by Crippen LogP contribution is -2.09. The number of aliphatic hydroxyl groups is 1. The minimum Gasteiger partial charge on any atom is -0.386 e. The van der Waals surface area contributed by atoms with Crippen molar-refractivity contribution < 1.29 is 9.50 Å². The van der Waals surface area contributed by atoms with E-state index in [9.17, 15) is 9.50 Å². The second-order valence-electron chi connectivity index (χ2n) is 4.47. The topological polar surface area (TPSA) is 38.0 Å². The summed E-state index contributed by atoms with van der Waals surface area (Å²) in [5.74, 6) is -0.376. The Balaban J connectivity index is 2.16. The number of imidazole rings is 1. The minimum atomic E-state index is -0.697. The van der Waals surface area contributed by atoms with E-state index in [4.69, 9.17) is 11.6 Å². The van der Waals surface area contributed by atoms with E-state index in [-0.39, 0.29) is 5.82 Å². The summed E-state index contributed by atoms with van der Waals surface area (Å²) in [5.41, 5.74) is 1.47. The molecular formula is C14H16ClFN2O. The number of halogens is 2. The highest BCUT2D eigenvalue weighted by Gasteiger charge is 2.15. The van der Waals surface area contributed by atoms with E-state index in [0.717, 1.165) is 24.2 Å². The number of benzene rings is 1. The third kappa shape index (κ3) is 3.33. The van der Waals surface area contributed by atoms with Gasteiger partial charge in [0.25, 0.3) is 0 Å². The quantitative estimate of drug-likeness (QED) is 0.913. The molecule has 0 amide bonds. The number of aryl methyl sites for hydroxylation is 1. The molecule has 1 aromatic carbocycles. The summed E-state index contributed by atoms with van der Waals surface area (Å²) in [6.45, 7) is 2.87. The molecule has 102 valence electrons. The van der Waals surface area contributed by atoms with Gasteiger partial charge in [0.15, 0.2) is 0 Å². The molecule has 0 saturated carbocycles. The minimum absolute atomic E-state index is 0.334. The van der Waals surface area contributed by atoms with E-state index in [1.54, 1.807) is 18.6 Å². The number of aliphatic hydroxyl groups excluding tert-OH is 1. The van der Waals surface area contributed by atoms with Crippen LogP contribution < -0.4 is 0 Å². The van der Waals surface area contributed by atoms with Crippen molar-refractivity contribution in [3.63, 3.8) is 0 Å². The Morgan fingerprint density at radius 3 is 2.95 bits per heavy atom. The lowest BCUT2D eigenvalue weighted by atomic mass is 10.1. The van der Waals surface area contributed by atoms with Crippen LogP contribution in [0.4, 0.5) is 4.39 Å². The highest BCUT2D eigenvalue weighted by Crippen LogP contribution is 2.24. The molecule has 0 aliphatic heterocycles. The first-order chi connectivity index (χ1) is 9.11. The fourth-order valence-corrected chi connectivity index (χ4v) is 2.28. The van der Waals surface area contributed by atoms with Crippen LogP contribution in [0.2, 0.25) is 5.02 Å². The second-order valence-corrected chi connectivity index (χ2v) is 4.87. The van der Waals surface area contributed by atoms with E-state index in [1.807, 2.05) is 4.57 Å². The standard InChI is InChI=1S/C14H16ClFN2O/c1-2-5-18-9-17-8-13(18)14(19)6-10-3-4-11(16)7-12(10)15/h3-4,7-9,14,19H,2,5-6H2,1H3. The van der Waals surface area contributed by atoms with Crippen LogP contribution in [0.3, 0.4) is 0 Å². The smallest absolute Gasteiger partial charge is 0.124 e. The van der Waals surface area contributed by atoms with Crippen LogP contribution in [0.15, 0.2) is 30.7 Å². The fourth-order valence-electron chi connectivity index (χ4n) is 2.04. The van der Waals surface area contributed by atoms with Gasteiger partial charge in [0.05, 0.1) is 24.3 Å². The number of rotatable bonds is 5. The van der Waals surface area contributed by atoms with Gasteiger partial charge in [0, 0.05) is 18.0 Å². The van der Waals surface area contributed by atoms with Crippen LogP contribution in [0.5, 0.6) is 0 Å². The molecule has 0 saturated heterocycles. The molecule has 0 fully saturated rings. The molecule has 1 aromatic heterocycles. The Hall–Kier alpha value is -1.39. The number of nitrogens with zero attached hydrogens (tertiary/aromatic N) is 2. The molecule has 1 unspecified atom stereocenters. The second kappa shape index (κ2) is 6.17. The molecular weight excluding hydrogens is 267 g/mol. The normalized spacial score (nSPS) is 12.6. The summed E-state index contributed by atoms with van der Waals surface area (Å²) in [5, 5.41) is 10.6. The van der Waals surface area contributed by atoms with Gasteiger partial charge in [0.1, 0.15) is 5.82 Å². The molecule has 1 N–H and O–H groups in total. The maximum absolute atomic E-state index is 13.0. The lowest BCUT2D eigenvalue weighted by Gasteiger charge is -2.14. The summed E-state index contributed by atoms with van der Waals surface area (Å²) >= 11 is 5.96. The molecule has 0 spiro atoms. The van der Waals surface area contributed by atoms with E-state index >= 15 is 0 Å². The molecule has 1 atom stereocenters. The van der Waals surface area contributed by atoms with Gasteiger partial charge in [-0.1, -0.05) is 24.6 Å². The van der Waals surface area contributed by atoms with Crippen molar-refractivity contribution in [2.45, 2.75) is 32.4 Å². The van der Waals surface area contributed by atoms with Gasteiger partial charge in [-0.15, -0.1) is 0 Å². The molecule has 19 heavy (non-hydrogen) atoms. The number of hydrogen-bond acceptors (Lipinski definition) is 2. The summed E-state index contributed by atoms with van der Waals surface area (Å²) in [7, 11) is 0. The van der Waals surface area contributed by atoms with E-state index in [1.165, 1.54) is 12.1 Å². The van der Waals surface area contributed by atoms with Gasteiger partial charge in [-0.2, -0.15) is 0 Å². The predicted molar refractivity (Wildman–Crippen MR) is 72.6 cm³/mol. The van der Waals surface area contributed by atoms with Crippen LogP contribution >= 0.6 is 11.6 Å². The molecule has 5 heteroatoms. The molecule has 0 bridgehead atoms. The first-order valence-electron chi connectivity index (χ1n) is 6.23. The summed E-state index contributed by atoms with van der Waals surface area (Å²) in [4.78, 5) is 4.05. The summed E-state index contributed by atoms with van der Waals surface area (Å²) < 4.78 is 14.9. The van der Waals surface area contributed by atoms with Crippen molar-refractivity contribution in [1.29, 1.82) is 0 Å². The van der Waals surface area contributed by atoms with Crippen molar-refractivity contribution in [3.05, 3.63) is 52.8 Å². The van der Waals surface area contributed by atoms with Crippen LogP contribution in [0, 0.1) is 5.82 Å². The van der Waals surface area contributed by atoms with Crippen molar-refractivity contribution in [2.75, 3.05) is 0 Å². The van der Waals surface area contributed by atoms with Crippen molar-refractivity contribution >= 4 is 11.6 Å². The molecule has 2 rings (SSSR count). The van der Waals surface area contributed by atoms with Gasteiger partial charge in [-0.05, 0) is 24.1 Å². The highest BCUT2D eigenvalue weighted by atomic mass is 35.5. The van der Waals surface area contributed by atoms with Crippen LogP contribution in [0.1, 0.15) is 30.7 Å². The monoisotopic (exact) mass is 282 g/mol. The molecule has 0 aliphatic rings. The molecule has 0 radical (unpaired) electrons. The first kappa shape index (κ1) is 14.0. The van der Waals surface area contributed by atoms with Crippen LogP contribution in [-0.4, -0.2) is 14.7 Å². The Bertz CT molecular complexity index is 556. The van der Waals surface area contributed by atoms with E-state index in [2.05, 4.69) is 11.9 Å². The average molecular weight is 283 g/mol. The van der Waals surface area contributed by atoms with Gasteiger partial charge in [-0.3, -0.25) is 0 Å². The average Bonchev–Trinajstić information content (AvgIpc) is 2.81. The third-order valence-corrected chi connectivity index (χ3v) is 3.33. The molecule has 2 aromatic rings. The third-order valence-electron chi connectivity index (χ3n) is 2.98. The SMILES string of the molecule is CCCn1cncc1C(O)Cc1ccc(F)cc1Cl. The van der Waals surface area contributed by atoms with Crippen LogP contribution in [-0.2, 0) is 13.0 Å². The zero-order chi connectivity index (χ0) is 13.8. The first-order valence-corrected chi connectivity index (χ1v) is 6.61. The highest BCUT2D eigenvalue weighted by molar-refractivity contribution is 6.31. The Morgan fingerprint density at radius 2 is 2.26 bits per heavy atom. The number of aromatic nitrogens is 2. The van der Waals surface area contributed by atoms with Crippen molar-refractivity contribution in [3.8, 4) is 0 Å². The van der Waals surface area contributed by atoms with Gasteiger partial charge in [-0.25, -0.2) is 9.37 Å². The Labute approximate surface area is 116 Å². The van der Waals surface area contributed by atoms with E-state index in [0.29, 0.717) is 11.4 Å². The van der Waals surface area contributed by atoms with Gasteiger partial charge >= 0.3 is 0 Å². The lowest BCUT2D eigenvalue weighted by molar-refractivity contribution is 0.168. The van der Waals surface area contributed by atoms with Gasteiger partial charge < -0.3 is 9.67 Å². The zero-order valence-electron chi connectivity index (χ0n) is 10.7. The summed E-state index contributed by atoms with van der Waals surface area (Å²) in [6, 6.07) is 4.20. The molecule has 1 heterocycles. The van der Waals surface area contributed by atoms with E-state index < -0.39 is 6.10 Å². The van der Waals surface area contributed by atoms with Gasteiger partial charge in [0.2, 0.25) is 0 Å². The Morgan fingerprint density at radius 1 is 1.47 bits per heavy atom. The number of hydrogen-bond donors (Lipinski definition) is 1. The summed E-state index contributed by atoms with van der Waals surface area (Å²) in [6.07, 6.45) is 3.96. The maximum Gasteiger partial charge on any atom is 0.124 e.